The molecule has 74 valence electrons. The third kappa shape index (κ3) is 1.57. The van der Waals surface area contributed by atoms with E-state index in [1.54, 1.807) is 0 Å². The monoisotopic (exact) mass is 183 g/mol. The number of rotatable bonds is 1. The van der Waals surface area contributed by atoms with Crippen LogP contribution in [0.4, 0.5) is 0 Å². The van der Waals surface area contributed by atoms with E-state index in [0.717, 1.165) is 19.5 Å². The molecule has 1 saturated carbocycles. The molecule has 13 heavy (non-hydrogen) atoms. The number of carboxylic acids is 1. The Bertz CT molecular complexity index is 217. The van der Waals surface area contributed by atoms with Crippen molar-refractivity contribution >= 4 is 5.97 Å². The predicted octanol–water partition coefficient (Wildman–Crippen LogP) is 1.05. The lowest BCUT2D eigenvalue weighted by atomic mass is 9.80. The van der Waals surface area contributed by atoms with Crippen LogP contribution in [0.3, 0.4) is 0 Å². The first-order chi connectivity index (χ1) is 6.18. The van der Waals surface area contributed by atoms with Crippen LogP contribution in [0.2, 0.25) is 0 Å². The van der Waals surface area contributed by atoms with Crippen molar-refractivity contribution in [3.63, 3.8) is 0 Å². The average molecular weight is 183 g/mol. The van der Waals surface area contributed by atoms with Crippen molar-refractivity contribution in [2.45, 2.75) is 19.3 Å². The molecule has 3 heteroatoms. The molecule has 1 aliphatic carbocycles. The van der Waals surface area contributed by atoms with E-state index in [1.807, 2.05) is 7.05 Å². The Morgan fingerprint density at radius 1 is 1.38 bits per heavy atom. The SMILES string of the molecule is CN1CC2CCCC2C(C(=O)O)C1. The number of hydrogen-bond donors (Lipinski definition) is 1. The van der Waals surface area contributed by atoms with Crippen molar-refractivity contribution in [1.29, 1.82) is 0 Å². The Morgan fingerprint density at radius 3 is 2.85 bits per heavy atom. The van der Waals surface area contributed by atoms with Crippen LogP contribution in [0.5, 0.6) is 0 Å². The van der Waals surface area contributed by atoms with Crippen molar-refractivity contribution in [1.82, 2.24) is 4.90 Å². The molecular formula is C10H17NO2. The van der Waals surface area contributed by atoms with Gasteiger partial charge < -0.3 is 10.0 Å². The molecule has 2 fully saturated rings. The van der Waals surface area contributed by atoms with Crippen molar-refractivity contribution in [3.05, 3.63) is 0 Å². The minimum absolute atomic E-state index is 0.105. The molecule has 0 aromatic heterocycles. The summed E-state index contributed by atoms with van der Waals surface area (Å²) in [6.07, 6.45) is 3.60. The summed E-state index contributed by atoms with van der Waals surface area (Å²) in [6, 6.07) is 0. The lowest BCUT2D eigenvalue weighted by Gasteiger charge is -2.37. The van der Waals surface area contributed by atoms with Crippen LogP contribution >= 0.6 is 0 Å². The fourth-order valence-electron chi connectivity index (χ4n) is 3.03. The fourth-order valence-corrected chi connectivity index (χ4v) is 3.03. The number of fused-ring (bicyclic) bond motifs is 1. The van der Waals surface area contributed by atoms with Crippen LogP contribution in [-0.4, -0.2) is 36.1 Å². The first kappa shape index (κ1) is 9.00. The third-order valence-corrected chi connectivity index (χ3v) is 3.61. The first-order valence-corrected chi connectivity index (χ1v) is 5.10. The van der Waals surface area contributed by atoms with Gasteiger partial charge >= 0.3 is 5.97 Å². The molecule has 0 aromatic rings. The topological polar surface area (TPSA) is 40.5 Å². The molecule has 0 radical (unpaired) electrons. The Kier molecular flexibility index (Phi) is 2.28. The molecule has 2 aliphatic rings. The zero-order valence-electron chi connectivity index (χ0n) is 8.07. The molecule has 0 spiro atoms. The van der Waals surface area contributed by atoms with Crippen molar-refractivity contribution in [2.24, 2.45) is 17.8 Å². The Morgan fingerprint density at radius 2 is 2.15 bits per heavy atom. The first-order valence-electron chi connectivity index (χ1n) is 5.10. The number of aliphatic carboxylic acids is 1. The maximum Gasteiger partial charge on any atom is 0.308 e. The van der Waals surface area contributed by atoms with E-state index in [2.05, 4.69) is 4.90 Å². The second kappa shape index (κ2) is 3.29. The summed E-state index contributed by atoms with van der Waals surface area (Å²) in [4.78, 5) is 13.2. The van der Waals surface area contributed by atoms with E-state index in [1.165, 1.54) is 12.8 Å². The van der Waals surface area contributed by atoms with E-state index in [0.29, 0.717) is 11.8 Å². The molecule has 3 unspecified atom stereocenters. The minimum atomic E-state index is -0.594. The minimum Gasteiger partial charge on any atom is -0.481 e. The fraction of sp³-hybridized carbons (Fsp3) is 0.900. The van der Waals surface area contributed by atoms with E-state index in [-0.39, 0.29) is 5.92 Å². The van der Waals surface area contributed by atoms with E-state index in [9.17, 15) is 4.79 Å². The molecule has 3 nitrogen and oxygen atoms in total. The summed E-state index contributed by atoms with van der Waals surface area (Å²) >= 11 is 0. The smallest absolute Gasteiger partial charge is 0.308 e. The van der Waals surface area contributed by atoms with Gasteiger partial charge in [-0.15, -0.1) is 0 Å². The molecule has 0 amide bonds. The lowest BCUT2D eigenvalue weighted by molar-refractivity contribution is -0.146. The Labute approximate surface area is 78.7 Å². The van der Waals surface area contributed by atoms with Gasteiger partial charge in [0.25, 0.3) is 0 Å². The molecule has 0 bridgehead atoms. The molecule has 1 aliphatic heterocycles. The van der Waals surface area contributed by atoms with Crippen LogP contribution in [0.15, 0.2) is 0 Å². The van der Waals surface area contributed by atoms with Crippen molar-refractivity contribution in [3.8, 4) is 0 Å². The van der Waals surface area contributed by atoms with Crippen LogP contribution in [0, 0.1) is 17.8 Å². The highest BCUT2D eigenvalue weighted by Crippen LogP contribution is 2.40. The standard InChI is InChI=1S/C10H17NO2/c1-11-5-7-3-2-4-8(7)9(6-11)10(12)13/h7-9H,2-6H2,1H3,(H,12,13). The van der Waals surface area contributed by atoms with E-state index >= 15 is 0 Å². The third-order valence-electron chi connectivity index (χ3n) is 3.61. The average Bonchev–Trinajstić information content (AvgIpc) is 2.49. The normalized spacial score (nSPS) is 40.2. The van der Waals surface area contributed by atoms with Crippen LogP contribution < -0.4 is 0 Å². The second-order valence-corrected chi connectivity index (χ2v) is 4.52. The van der Waals surface area contributed by atoms with Gasteiger partial charge in [-0.2, -0.15) is 0 Å². The highest BCUT2D eigenvalue weighted by Gasteiger charge is 2.41. The largest absolute Gasteiger partial charge is 0.481 e. The van der Waals surface area contributed by atoms with Gasteiger partial charge in [0.15, 0.2) is 0 Å². The molecule has 2 rings (SSSR count). The van der Waals surface area contributed by atoms with Gasteiger partial charge in [-0.1, -0.05) is 6.42 Å². The lowest BCUT2D eigenvalue weighted by Crippen LogP contribution is -2.45. The molecule has 3 atom stereocenters. The highest BCUT2D eigenvalue weighted by molar-refractivity contribution is 5.71. The van der Waals surface area contributed by atoms with Gasteiger partial charge in [-0.05, 0) is 31.7 Å². The molecule has 1 saturated heterocycles. The number of carboxylic acid groups (broad SMARTS) is 1. The highest BCUT2D eigenvalue weighted by atomic mass is 16.4. The quantitative estimate of drug-likeness (QED) is 0.660. The number of nitrogens with zero attached hydrogens (tertiary/aromatic N) is 1. The van der Waals surface area contributed by atoms with E-state index < -0.39 is 5.97 Å². The van der Waals surface area contributed by atoms with Crippen LogP contribution in [0.25, 0.3) is 0 Å². The number of likely N-dealkylation sites (tertiary alicyclic amines) is 1. The van der Waals surface area contributed by atoms with Crippen LogP contribution in [0.1, 0.15) is 19.3 Å². The second-order valence-electron chi connectivity index (χ2n) is 4.52. The zero-order valence-corrected chi connectivity index (χ0v) is 8.07. The van der Waals surface area contributed by atoms with Crippen molar-refractivity contribution in [2.75, 3.05) is 20.1 Å². The number of piperidine rings is 1. The molecule has 1 N–H and O–H groups in total. The van der Waals surface area contributed by atoms with Gasteiger partial charge in [-0.25, -0.2) is 0 Å². The predicted molar refractivity (Wildman–Crippen MR) is 49.5 cm³/mol. The van der Waals surface area contributed by atoms with E-state index in [4.69, 9.17) is 5.11 Å². The number of hydrogen-bond acceptors (Lipinski definition) is 2. The van der Waals surface area contributed by atoms with Gasteiger partial charge in [0.2, 0.25) is 0 Å². The maximum absolute atomic E-state index is 11.0. The van der Waals surface area contributed by atoms with Crippen molar-refractivity contribution < 1.29 is 9.90 Å². The maximum atomic E-state index is 11.0. The Balaban J connectivity index is 2.12. The molecular weight excluding hydrogens is 166 g/mol. The van der Waals surface area contributed by atoms with Gasteiger partial charge in [0.1, 0.15) is 0 Å². The zero-order chi connectivity index (χ0) is 9.42. The summed E-state index contributed by atoms with van der Waals surface area (Å²) < 4.78 is 0. The molecule has 1 heterocycles. The van der Waals surface area contributed by atoms with Gasteiger partial charge in [-0.3, -0.25) is 4.79 Å². The summed E-state index contributed by atoms with van der Waals surface area (Å²) in [6.45, 7) is 1.85. The molecule has 0 aromatic carbocycles. The summed E-state index contributed by atoms with van der Waals surface area (Å²) in [5.41, 5.74) is 0. The Hall–Kier alpha value is -0.570. The summed E-state index contributed by atoms with van der Waals surface area (Å²) in [7, 11) is 2.03. The summed E-state index contributed by atoms with van der Waals surface area (Å²) in [5, 5.41) is 9.08. The van der Waals surface area contributed by atoms with Gasteiger partial charge in [0.05, 0.1) is 5.92 Å². The van der Waals surface area contributed by atoms with Gasteiger partial charge in [0, 0.05) is 13.1 Å². The summed E-state index contributed by atoms with van der Waals surface area (Å²) in [5.74, 6) is 0.420. The van der Waals surface area contributed by atoms with Crippen LogP contribution in [-0.2, 0) is 4.79 Å². The number of carbonyl (C=O) groups is 1.